The lowest BCUT2D eigenvalue weighted by molar-refractivity contribution is -0.137. The quantitative estimate of drug-likeness (QED) is 0.744. The van der Waals surface area contributed by atoms with Gasteiger partial charge in [0.25, 0.3) is 0 Å². The minimum Gasteiger partial charge on any atom is -0.480 e. The average Bonchev–Trinajstić information content (AvgIpc) is 2.50. The zero-order valence-electron chi connectivity index (χ0n) is 12.9. The molecule has 0 atom stereocenters. The van der Waals surface area contributed by atoms with Crippen LogP contribution in [0, 0.1) is 6.92 Å². The number of aromatic nitrogens is 1. The zero-order chi connectivity index (χ0) is 16.7. The van der Waals surface area contributed by atoms with Crippen molar-refractivity contribution in [3.63, 3.8) is 0 Å². The van der Waals surface area contributed by atoms with Crippen LogP contribution in [0.4, 0.5) is 0 Å². The van der Waals surface area contributed by atoms with Crippen LogP contribution in [-0.2, 0) is 17.8 Å². The van der Waals surface area contributed by atoms with E-state index in [4.69, 9.17) is 11.6 Å². The Morgan fingerprint density at radius 1 is 1.22 bits per heavy atom. The number of carboxylic acid groups (broad SMARTS) is 1. The molecule has 1 N–H and O–H groups in total. The topological polar surface area (TPSA) is 59.3 Å². The van der Waals surface area contributed by atoms with Crippen LogP contribution < -0.4 is 5.43 Å². The molecule has 23 heavy (non-hydrogen) atoms. The first kappa shape index (κ1) is 15.6. The van der Waals surface area contributed by atoms with Gasteiger partial charge in [-0.3, -0.25) is 9.59 Å². The molecule has 0 unspecified atom stereocenters. The Labute approximate surface area is 137 Å². The van der Waals surface area contributed by atoms with Crippen LogP contribution in [0.25, 0.3) is 21.8 Å². The van der Waals surface area contributed by atoms with Crippen LogP contribution in [0.1, 0.15) is 18.1 Å². The molecule has 5 heteroatoms. The monoisotopic (exact) mass is 329 g/mol. The van der Waals surface area contributed by atoms with Gasteiger partial charge in [0, 0.05) is 15.8 Å². The number of aryl methyl sites for hydroxylation is 2. The van der Waals surface area contributed by atoms with Gasteiger partial charge in [0.1, 0.15) is 6.54 Å². The molecule has 4 nitrogen and oxygen atoms in total. The Kier molecular flexibility index (Phi) is 3.86. The number of halogens is 1. The molecule has 0 radical (unpaired) electrons. The number of pyridine rings is 1. The molecule has 0 fully saturated rings. The van der Waals surface area contributed by atoms with Gasteiger partial charge in [0.15, 0.2) is 5.43 Å². The molecule has 0 aliphatic rings. The number of hydrogen-bond acceptors (Lipinski definition) is 2. The van der Waals surface area contributed by atoms with Gasteiger partial charge in [-0.05, 0) is 48.7 Å². The van der Waals surface area contributed by atoms with Gasteiger partial charge >= 0.3 is 5.97 Å². The Bertz CT molecular complexity index is 1000. The largest absolute Gasteiger partial charge is 0.480 e. The van der Waals surface area contributed by atoms with Crippen LogP contribution in [0.15, 0.2) is 35.1 Å². The lowest BCUT2D eigenvalue weighted by Gasteiger charge is -2.17. The van der Waals surface area contributed by atoms with E-state index in [0.717, 1.165) is 11.1 Å². The number of nitrogens with zero attached hydrogens (tertiary/aromatic N) is 1. The van der Waals surface area contributed by atoms with E-state index >= 15 is 0 Å². The van der Waals surface area contributed by atoms with E-state index in [1.165, 1.54) is 0 Å². The first-order chi connectivity index (χ1) is 10.9. The Hall–Kier alpha value is -2.33. The van der Waals surface area contributed by atoms with Gasteiger partial charge in [0.05, 0.1) is 11.0 Å². The van der Waals surface area contributed by atoms with E-state index in [9.17, 15) is 14.7 Å². The second-order valence-corrected chi connectivity index (χ2v) is 6.01. The molecule has 118 valence electrons. The van der Waals surface area contributed by atoms with E-state index in [1.807, 2.05) is 26.0 Å². The molecule has 3 aromatic rings. The summed E-state index contributed by atoms with van der Waals surface area (Å²) >= 11 is 6.28. The van der Waals surface area contributed by atoms with E-state index in [-0.39, 0.29) is 12.0 Å². The summed E-state index contributed by atoms with van der Waals surface area (Å²) in [4.78, 5) is 24.2. The molecule has 0 saturated carbocycles. The summed E-state index contributed by atoms with van der Waals surface area (Å²) in [6, 6.07) is 8.84. The van der Waals surface area contributed by atoms with Crippen LogP contribution in [-0.4, -0.2) is 15.6 Å². The summed E-state index contributed by atoms with van der Waals surface area (Å²) in [7, 11) is 0. The van der Waals surface area contributed by atoms with Crippen LogP contribution in [0.5, 0.6) is 0 Å². The number of benzene rings is 2. The fourth-order valence-electron chi connectivity index (χ4n) is 3.06. The highest BCUT2D eigenvalue weighted by Crippen LogP contribution is 2.28. The molecular weight excluding hydrogens is 314 g/mol. The first-order valence-corrected chi connectivity index (χ1v) is 7.78. The second kappa shape index (κ2) is 5.70. The third-order valence-electron chi connectivity index (χ3n) is 4.08. The van der Waals surface area contributed by atoms with Crippen molar-refractivity contribution in [3.8, 4) is 0 Å². The number of carboxylic acids is 1. The van der Waals surface area contributed by atoms with Gasteiger partial charge in [-0.1, -0.05) is 24.6 Å². The molecule has 0 aliphatic carbocycles. The van der Waals surface area contributed by atoms with E-state index in [0.29, 0.717) is 33.2 Å². The first-order valence-electron chi connectivity index (χ1n) is 7.40. The molecule has 3 rings (SSSR count). The van der Waals surface area contributed by atoms with Gasteiger partial charge in [0.2, 0.25) is 0 Å². The highest BCUT2D eigenvalue weighted by Gasteiger charge is 2.17. The van der Waals surface area contributed by atoms with Crippen molar-refractivity contribution in [2.45, 2.75) is 26.8 Å². The maximum atomic E-state index is 12.8. The predicted octanol–water partition coefficient (Wildman–Crippen LogP) is 3.76. The van der Waals surface area contributed by atoms with Crippen molar-refractivity contribution in [1.29, 1.82) is 0 Å². The van der Waals surface area contributed by atoms with Crippen LogP contribution in [0.2, 0.25) is 5.02 Å². The molecule has 1 aromatic heterocycles. The van der Waals surface area contributed by atoms with E-state index in [2.05, 4.69) is 0 Å². The zero-order valence-corrected chi connectivity index (χ0v) is 13.6. The lowest BCUT2D eigenvalue weighted by atomic mass is 10.0. The third-order valence-corrected chi connectivity index (χ3v) is 4.43. The SMILES string of the molecule is CCc1c(Cl)ccc2c(=O)c3ccc(C)cc3n(CC(=O)O)c12. The molecule has 0 amide bonds. The van der Waals surface area contributed by atoms with Crippen molar-refractivity contribution in [2.75, 3.05) is 0 Å². The predicted molar refractivity (Wildman–Crippen MR) is 92.5 cm³/mol. The second-order valence-electron chi connectivity index (χ2n) is 5.61. The van der Waals surface area contributed by atoms with Crippen molar-refractivity contribution in [3.05, 3.63) is 56.7 Å². The van der Waals surface area contributed by atoms with Crippen molar-refractivity contribution in [1.82, 2.24) is 4.57 Å². The number of rotatable bonds is 3. The number of hydrogen-bond donors (Lipinski definition) is 1. The van der Waals surface area contributed by atoms with Crippen molar-refractivity contribution >= 4 is 39.4 Å². The molecule has 0 bridgehead atoms. The maximum Gasteiger partial charge on any atom is 0.323 e. The molecule has 0 spiro atoms. The summed E-state index contributed by atoms with van der Waals surface area (Å²) in [6.45, 7) is 3.64. The van der Waals surface area contributed by atoms with Gasteiger partial charge in [-0.15, -0.1) is 0 Å². The summed E-state index contributed by atoms with van der Waals surface area (Å²) in [5, 5.41) is 10.9. The summed E-state index contributed by atoms with van der Waals surface area (Å²) in [5.74, 6) is -0.959. The number of aliphatic carboxylic acids is 1. The van der Waals surface area contributed by atoms with Crippen LogP contribution in [0.3, 0.4) is 0 Å². The minimum atomic E-state index is -0.959. The molecule has 2 aromatic carbocycles. The smallest absolute Gasteiger partial charge is 0.323 e. The van der Waals surface area contributed by atoms with E-state index in [1.54, 1.807) is 22.8 Å². The fourth-order valence-corrected chi connectivity index (χ4v) is 3.35. The fraction of sp³-hybridized carbons (Fsp3) is 0.222. The number of fused-ring (bicyclic) bond motifs is 2. The highest BCUT2D eigenvalue weighted by atomic mass is 35.5. The van der Waals surface area contributed by atoms with E-state index < -0.39 is 5.97 Å². The molecule has 0 aliphatic heterocycles. The van der Waals surface area contributed by atoms with Gasteiger partial charge in [-0.2, -0.15) is 0 Å². The normalized spacial score (nSPS) is 11.3. The maximum absolute atomic E-state index is 12.8. The summed E-state index contributed by atoms with van der Waals surface area (Å²) in [6.07, 6.45) is 0.618. The lowest BCUT2D eigenvalue weighted by Crippen LogP contribution is -2.17. The Balaban J connectivity index is 2.64. The standard InChI is InChI=1S/C18H16ClNO3/c1-3-11-14(19)7-6-13-17(11)20(9-16(21)22)15-8-10(2)4-5-12(15)18(13)23/h4-8H,3,9H2,1-2H3,(H,21,22). The third kappa shape index (κ3) is 2.49. The average molecular weight is 330 g/mol. The molecule has 0 saturated heterocycles. The Morgan fingerprint density at radius 3 is 2.57 bits per heavy atom. The summed E-state index contributed by atoms with van der Waals surface area (Å²) < 4.78 is 1.69. The molecule has 1 heterocycles. The van der Waals surface area contributed by atoms with Crippen molar-refractivity contribution in [2.24, 2.45) is 0 Å². The number of carbonyl (C=O) groups is 1. The minimum absolute atomic E-state index is 0.0944. The summed E-state index contributed by atoms with van der Waals surface area (Å²) in [5.41, 5.74) is 2.91. The highest BCUT2D eigenvalue weighted by molar-refractivity contribution is 6.32. The molecular formula is C18H16ClNO3. The van der Waals surface area contributed by atoms with Crippen LogP contribution >= 0.6 is 11.6 Å². The van der Waals surface area contributed by atoms with Gasteiger partial charge < -0.3 is 9.67 Å². The van der Waals surface area contributed by atoms with Crippen molar-refractivity contribution < 1.29 is 9.90 Å². The Morgan fingerprint density at radius 2 is 1.91 bits per heavy atom. The van der Waals surface area contributed by atoms with Gasteiger partial charge in [-0.25, -0.2) is 0 Å².